The molecule has 13 heavy (non-hydrogen) atoms. The summed E-state index contributed by atoms with van der Waals surface area (Å²) in [6.07, 6.45) is 0. The number of esters is 1. The highest BCUT2D eigenvalue weighted by Gasteiger charge is 2.13. The maximum Gasteiger partial charge on any atom is 0.376 e. The fourth-order valence-electron chi connectivity index (χ4n) is 0.764. The van der Waals surface area contributed by atoms with Gasteiger partial charge in [0, 0.05) is 0 Å². The highest BCUT2D eigenvalue weighted by Crippen LogP contribution is 2.15. The molecule has 0 atom stereocenters. The predicted molar refractivity (Wildman–Crippen MR) is 55.2 cm³/mol. The second-order valence-corrected chi connectivity index (χ2v) is 3.40. The van der Waals surface area contributed by atoms with Crippen molar-refractivity contribution in [1.29, 1.82) is 0 Å². The Morgan fingerprint density at radius 3 is 2.62 bits per heavy atom. The monoisotopic (exact) mass is 293 g/mol. The van der Waals surface area contributed by atoms with Crippen LogP contribution in [-0.4, -0.2) is 23.0 Å². The molecule has 0 radical (unpaired) electrons. The lowest BCUT2D eigenvalue weighted by molar-refractivity contribution is 0.0586. The molecule has 0 aliphatic rings. The first-order chi connectivity index (χ1) is 6.06. The van der Waals surface area contributed by atoms with Crippen molar-refractivity contribution in [2.45, 2.75) is 6.92 Å². The summed E-state index contributed by atoms with van der Waals surface area (Å²) < 4.78 is 5.22. The first-order valence-electron chi connectivity index (χ1n) is 3.44. The Hall–Kier alpha value is -0.920. The summed E-state index contributed by atoms with van der Waals surface area (Å²) in [4.78, 5) is 18.7. The number of carbonyl (C=O) groups is 1. The van der Waals surface area contributed by atoms with E-state index < -0.39 is 5.97 Å². The molecule has 0 aliphatic heterocycles. The SMILES string of the molecule is COC(=O)c1nc(C)c(I)c(N)n1. The first kappa shape index (κ1) is 10.2. The first-order valence-corrected chi connectivity index (χ1v) is 4.52. The molecule has 0 bridgehead atoms. The van der Waals surface area contributed by atoms with Gasteiger partial charge in [0.25, 0.3) is 0 Å². The number of carbonyl (C=O) groups excluding carboxylic acids is 1. The van der Waals surface area contributed by atoms with Gasteiger partial charge in [0.05, 0.1) is 16.4 Å². The zero-order valence-electron chi connectivity index (χ0n) is 7.17. The van der Waals surface area contributed by atoms with E-state index in [2.05, 4.69) is 14.7 Å². The Bertz CT molecular complexity index is 331. The number of aromatic nitrogens is 2. The molecule has 0 amide bonds. The summed E-state index contributed by atoms with van der Waals surface area (Å²) in [6.45, 7) is 1.76. The highest BCUT2D eigenvalue weighted by atomic mass is 127. The van der Waals surface area contributed by atoms with Crippen molar-refractivity contribution in [1.82, 2.24) is 9.97 Å². The molecule has 1 aromatic heterocycles. The lowest BCUT2D eigenvalue weighted by Gasteiger charge is -2.03. The van der Waals surface area contributed by atoms with Crippen LogP contribution in [0.5, 0.6) is 0 Å². The fraction of sp³-hybridized carbons (Fsp3) is 0.286. The second kappa shape index (κ2) is 3.86. The molecular formula is C7H8IN3O2. The third kappa shape index (κ3) is 2.06. The van der Waals surface area contributed by atoms with Crippen LogP contribution in [-0.2, 0) is 4.74 Å². The number of nitrogen functional groups attached to an aromatic ring is 1. The van der Waals surface area contributed by atoms with Gasteiger partial charge in [0.2, 0.25) is 5.82 Å². The molecule has 1 rings (SSSR count). The van der Waals surface area contributed by atoms with Crippen molar-refractivity contribution in [2.24, 2.45) is 0 Å². The van der Waals surface area contributed by atoms with Gasteiger partial charge >= 0.3 is 5.97 Å². The maximum atomic E-state index is 11.0. The minimum absolute atomic E-state index is 0.00193. The van der Waals surface area contributed by atoms with Gasteiger partial charge in [0.15, 0.2) is 0 Å². The van der Waals surface area contributed by atoms with Crippen molar-refractivity contribution in [3.8, 4) is 0 Å². The van der Waals surface area contributed by atoms with E-state index in [-0.39, 0.29) is 5.82 Å². The zero-order valence-corrected chi connectivity index (χ0v) is 9.32. The Kier molecular flexibility index (Phi) is 3.02. The third-order valence-electron chi connectivity index (χ3n) is 1.41. The van der Waals surface area contributed by atoms with Crippen molar-refractivity contribution in [3.05, 3.63) is 15.1 Å². The molecule has 6 heteroatoms. The van der Waals surface area contributed by atoms with E-state index in [1.54, 1.807) is 6.92 Å². The topological polar surface area (TPSA) is 78.1 Å². The molecule has 70 valence electrons. The smallest absolute Gasteiger partial charge is 0.376 e. The summed E-state index contributed by atoms with van der Waals surface area (Å²) >= 11 is 2.02. The summed E-state index contributed by atoms with van der Waals surface area (Å²) in [5.74, 6) is -0.280. The molecule has 1 aromatic rings. The molecule has 0 aliphatic carbocycles. The van der Waals surface area contributed by atoms with Crippen molar-refractivity contribution >= 4 is 34.4 Å². The zero-order chi connectivity index (χ0) is 10.0. The number of nitrogens with two attached hydrogens (primary N) is 1. The number of halogens is 1. The standard InChI is InChI=1S/C7H8IN3O2/c1-3-4(8)5(9)11-6(10-3)7(12)13-2/h1-2H3,(H2,9,10,11). The summed E-state index contributed by atoms with van der Waals surface area (Å²) in [6, 6.07) is 0. The molecule has 0 spiro atoms. The highest BCUT2D eigenvalue weighted by molar-refractivity contribution is 14.1. The van der Waals surface area contributed by atoms with E-state index in [4.69, 9.17) is 5.73 Å². The van der Waals surface area contributed by atoms with Gasteiger partial charge in [-0.3, -0.25) is 0 Å². The minimum atomic E-state index is -0.578. The van der Waals surface area contributed by atoms with Crippen LogP contribution in [0, 0.1) is 10.5 Å². The normalized spacial score (nSPS) is 9.77. The van der Waals surface area contributed by atoms with Crippen LogP contribution < -0.4 is 5.73 Å². The molecule has 0 saturated carbocycles. The third-order valence-corrected chi connectivity index (χ3v) is 2.74. The van der Waals surface area contributed by atoms with Gasteiger partial charge < -0.3 is 10.5 Å². The van der Waals surface area contributed by atoms with Crippen LogP contribution in [0.2, 0.25) is 0 Å². The van der Waals surface area contributed by atoms with Gasteiger partial charge in [-0.05, 0) is 29.5 Å². The van der Waals surface area contributed by atoms with E-state index in [0.717, 1.165) is 3.57 Å². The van der Waals surface area contributed by atoms with Crippen LogP contribution >= 0.6 is 22.6 Å². The van der Waals surface area contributed by atoms with Gasteiger partial charge in [-0.15, -0.1) is 0 Å². The molecule has 0 unspecified atom stereocenters. The van der Waals surface area contributed by atoms with Crippen LogP contribution in [0.4, 0.5) is 5.82 Å². The molecule has 0 fully saturated rings. The second-order valence-electron chi connectivity index (χ2n) is 2.32. The van der Waals surface area contributed by atoms with E-state index in [1.165, 1.54) is 7.11 Å². The number of hydrogen-bond donors (Lipinski definition) is 1. The molecular weight excluding hydrogens is 285 g/mol. The summed E-state index contributed by atoms with van der Waals surface area (Å²) in [5.41, 5.74) is 6.22. The number of anilines is 1. The van der Waals surface area contributed by atoms with Crippen LogP contribution in [0.1, 0.15) is 16.3 Å². The molecule has 2 N–H and O–H groups in total. The number of rotatable bonds is 1. The lowest BCUT2D eigenvalue weighted by Crippen LogP contribution is -2.11. The van der Waals surface area contributed by atoms with Crippen molar-refractivity contribution in [2.75, 3.05) is 12.8 Å². The average molecular weight is 293 g/mol. The number of hydrogen-bond acceptors (Lipinski definition) is 5. The lowest BCUT2D eigenvalue weighted by atomic mass is 10.4. The molecule has 5 nitrogen and oxygen atoms in total. The van der Waals surface area contributed by atoms with E-state index >= 15 is 0 Å². The van der Waals surface area contributed by atoms with Gasteiger partial charge in [-0.1, -0.05) is 0 Å². The quantitative estimate of drug-likeness (QED) is 0.611. The Balaban J connectivity index is 3.20. The van der Waals surface area contributed by atoms with E-state index in [1.807, 2.05) is 22.6 Å². The molecule has 1 heterocycles. The van der Waals surface area contributed by atoms with Crippen LogP contribution in [0.3, 0.4) is 0 Å². The van der Waals surface area contributed by atoms with Crippen molar-refractivity contribution < 1.29 is 9.53 Å². The number of methoxy groups -OCH3 is 1. The van der Waals surface area contributed by atoms with Gasteiger partial charge in [0.1, 0.15) is 5.82 Å². The van der Waals surface area contributed by atoms with Gasteiger partial charge in [-0.2, -0.15) is 0 Å². The van der Waals surface area contributed by atoms with Gasteiger partial charge in [-0.25, -0.2) is 14.8 Å². The Morgan fingerprint density at radius 2 is 2.15 bits per heavy atom. The molecule has 0 saturated heterocycles. The number of aryl methyl sites for hydroxylation is 1. The van der Waals surface area contributed by atoms with Crippen LogP contribution in [0.25, 0.3) is 0 Å². The largest absolute Gasteiger partial charge is 0.463 e. The Labute approximate surface area is 88.8 Å². The minimum Gasteiger partial charge on any atom is -0.463 e. The van der Waals surface area contributed by atoms with Crippen LogP contribution in [0.15, 0.2) is 0 Å². The summed E-state index contributed by atoms with van der Waals surface area (Å²) in [7, 11) is 1.27. The average Bonchev–Trinajstić information content (AvgIpc) is 2.12. The summed E-state index contributed by atoms with van der Waals surface area (Å²) in [5, 5.41) is 0. The molecule has 0 aromatic carbocycles. The van der Waals surface area contributed by atoms with E-state index in [0.29, 0.717) is 11.5 Å². The predicted octanol–water partition coefficient (Wildman–Crippen LogP) is 0.758. The maximum absolute atomic E-state index is 11.0. The number of ether oxygens (including phenoxy) is 1. The Morgan fingerprint density at radius 1 is 1.54 bits per heavy atom. The fourth-order valence-corrected chi connectivity index (χ4v) is 1.01. The van der Waals surface area contributed by atoms with Crippen molar-refractivity contribution in [3.63, 3.8) is 0 Å². The van der Waals surface area contributed by atoms with E-state index in [9.17, 15) is 4.79 Å². The number of nitrogens with zero attached hydrogens (tertiary/aromatic N) is 2.